The Morgan fingerprint density at radius 3 is 2.77 bits per heavy atom. The van der Waals surface area contributed by atoms with Crippen LogP contribution in [0.4, 0.5) is 0 Å². The first-order chi connectivity index (χ1) is 10.5. The van der Waals surface area contributed by atoms with Crippen LogP contribution >= 0.6 is 0 Å². The molecule has 22 heavy (non-hydrogen) atoms. The van der Waals surface area contributed by atoms with Crippen LogP contribution in [0.15, 0.2) is 36.4 Å². The molecule has 0 unspecified atom stereocenters. The predicted molar refractivity (Wildman–Crippen MR) is 83.5 cm³/mol. The molecule has 0 spiro atoms. The molecular weight excluding hydrogens is 280 g/mol. The predicted octanol–water partition coefficient (Wildman–Crippen LogP) is 2.52. The molecule has 4 heteroatoms. The van der Waals surface area contributed by atoms with E-state index >= 15 is 0 Å². The summed E-state index contributed by atoms with van der Waals surface area (Å²) in [6, 6.07) is 7.82. The van der Waals surface area contributed by atoms with Crippen molar-refractivity contribution >= 4 is 11.8 Å². The molecule has 4 nitrogen and oxygen atoms in total. The highest BCUT2D eigenvalue weighted by Gasteiger charge is 2.34. The van der Waals surface area contributed by atoms with Crippen molar-refractivity contribution in [3.63, 3.8) is 0 Å². The van der Waals surface area contributed by atoms with Crippen molar-refractivity contribution in [3.8, 4) is 0 Å². The molecule has 1 aromatic rings. The monoisotopic (exact) mass is 302 g/mol. The van der Waals surface area contributed by atoms with Gasteiger partial charge in [0.15, 0.2) is 5.78 Å². The molecule has 0 bridgehead atoms. The van der Waals surface area contributed by atoms with Crippen molar-refractivity contribution in [2.24, 2.45) is 11.8 Å². The normalized spacial score (nSPS) is 24.7. The molecule has 0 amide bonds. The lowest BCUT2D eigenvalue weighted by Gasteiger charge is -2.17. The molecule has 1 aliphatic carbocycles. The third-order valence-corrected chi connectivity index (χ3v) is 4.24. The third kappa shape index (κ3) is 4.53. The lowest BCUT2D eigenvalue weighted by atomic mass is 9.91. The maximum absolute atomic E-state index is 12.0. The Morgan fingerprint density at radius 1 is 1.32 bits per heavy atom. The number of aliphatic carboxylic acids is 1. The SMILES string of the molecule is Cc1cccc(CC(=O)C=C[C@@H]2CC[C@@H](O)[C@H]2CC(=O)O)c1. The number of allylic oxidation sites excluding steroid dienone is 2. The van der Waals surface area contributed by atoms with E-state index in [0.29, 0.717) is 12.8 Å². The average Bonchev–Trinajstić information content (AvgIpc) is 2.77. The zero-order valence-electron chi connectivity index (χ0n) is 12.7. The Labute approximate surface area is 130 Å². The number of aliphatic hydroxyl groups is 1. The average molecular weight is 302 g/mol. The first-order valence-corrected chi connectivity index (χ1v) is 7.62. The second-order valence-corrected chi connectivity index (χ2v) is 6.06. The molecule has 2 N–H and O–H groups in total. The lowest BCUT2D eigenvalue weighted by Crippen LogP contribution is -2.21. The van der Waals surface area contributed by atoms with E-state index in [4.69, 9.17) is 5.11 Å². The smallest absolute Gasteiger partial charge is 0.303 e. The maximum atomic E-state index is 12.0. The molecular formula is C18H22O4. The second kappa shape index (κ2) is 7.36. The van der Waals surface area contributed by atoms with Gasteiger partial charge in [-0.3, -0.25) is 9.59 Å². The number of rotatable bonds is 6. The summed E-state index contributed by atoms with van der Waals surface area (Å²) in [6.45, 7) is 1.99. The van der Waals surface area contributed by atoms with Crippen molar-refractivity contribution in [3.05, 3.63) is 47.5 Å². The number of carbonyl (C=O) groups is 2. The first kappa shape index (κ1) is 16.4. The highest BCUT2D eigenvalue weighted by atomic mass is 16.4. The van der Waals surface area contributed by atoms with Gasteiger partial charge in [0.25, 0.3) is 0 Å². The van der Waals surface area contributed by atoms with E-state index in [1.165, 1.54) is 0 Å². The van der Waals surface area contributed by atoms with Gasteiger partial charge in [0.2, 0.25) is 0 Å². The number of benzene rings is 1. The van der Waals surface area contributed by atoms with E-state index in [1.807, 2.05) is 31.2 Å². The van der Waals surface area contributed by atoms with Crippen LogP contribution < -0.4 is 0 Å². The van der Waals surface area contributed by atoms with Crippen molar-refractivity contribution in [2.45, 2.75) is 38.7 Å². The minimum absolute atomic E-state index is 0.000986. The molecule has 1 aromatic carbocycles. The number of aryl methyl sites for hydroxylation is 1. The summed E-state index contributed by atoms with van der Waals surface area (Å²) < 4.78 is 0. The summed E-state index contributed by atoms with van der Waals surface area (Å²) >= 11 is 0. The second-order valence-electron chi connectivity index (χ2n) is 6.06. The Morgan fingerprint density at radius 2 is 2.09 bits per heavy atom. The zero-order chi connectivity index (χ0) is 16.1. The van der Waals surface area contributed by atoms with Gasteiger partial charge in [-0.15, -0.1) is 0 Å². The Bertz CT molecular complexity index is 576. The van der Waals surface area contributed by atoms with Gasteiger partial charge in [-0.05, 0) is 37.3 Å². The van der Waals surface area contributed by atoms with Gasteiger partial charge >= 0.3 is 5.97 Å². The molecule has 0 saturated heterocycles. The van der Waals surface area contributed by atoms with Crippen LogP contribution in [0.25, 0.3) is 0 Å². The van der Waals surface area contributed by atoms with E-state index in [0.717, 1.165) is 17.5 Å². The van der Waals surface area contributed by atoms with Crippen LogP contribution in [0.2, 0.25) is 0 Å². The number of ketones is 1. The molecule has 0 aliphatic heterocycles. The summed E-state index contributed by atoms with van der Waals surface area (Å²) in [5.41, 5.74) is 2.10. The van der Waals surface area contributed by atoms with Crippen molar-refractivity contribution in [1.82, 2.24) is 0 Å². The van der Waals surface area contributed by atoms with Gasteiger partial charge in [0, 0.05) is 12.3 Å². The first-order valence-electron chi connectivity index (χ1n) is 7.62. The van der Waals surface area contributed by atoms with E-state index in [9.17, 15) is 14.7 Å². The quantitative estimate of drug-likeness (QED) is 0.792. The van der Waals surface area contributed by atoms with Crippen LogP contribution in [-0.2, 0) is 16.0 Å². The molecule has 118 valence electrons. The lowest BCUT2D eigenvalue weighted by molar-refractivity contribution is -0.139. The van der Waals surface area contributed by atoms with Crippen LogP contribution in [0, 0.1) is 18.8 Å². The van der Waals surface area contributed by atoms with Crippen LogP contribution in [-0.4, -0.2) is 28.1 Å². The fourth-order valence-electron chi connectivity index (χ4n) is 3.12. The number of hydrogen-bond acceptors (Lipinski definition) is 3. The van der Waals surface area contributed by atoms with Gasteiger partial charge < -0.3 is 10.2 Å². The third-order valence-electron chi connectivity index (χ3n) is 4.24. The standard InChI is InChI=1S/C18H22O4/c1-12-3-2-4-13(9-12)10-15(19)7-5-14-6-8-17(20)16(14)11-18(21)22/h2-5,7,9,14,16-17,20H,6,8,10-11H2,1H3,(H,21,22)/t14-,16+,17-/m1/s1. The molecule has 1 saturated carbocycles. The fraction of sp³-hybridized carbons (Fsp3) is 0.444. The topological polar surface area (TPSA) is 74.6 Å². The minimum Gasteiger partial charge on any atom is -0.481 e. The molecule has 0 radical (unpaired) electrons. The minimum atomic E-state index is -0.907. The largest absolute Gasteiger partial charge is 0.481 e. The number of carboxylic acid groups (broad SMARTS) is 1. The van der Waals surface area contributed by atoms with E-state index in [2.05, 4.69) is 0 Å². The van der Waals surface area contributed by atoms with Crippen molar-refractivity contribution in [2.75, 3.05) is 0 Å². The fourth-order valence-corrected chi connectivity index (χ4v) is 3.12. The summed E-state index contributed by atoms with van der Waals surface area (Å²) in [7, 11) is 0. The summed E-state index contributed by atoms with van der Waals surface area (Å²) in [5, 5.41) is 18.8. The van der Waals surface area contributed by atoms with Gasteiger partial charge in [-0.1, -0.05) is 35.9 Å². The molecule has 3 atom stereocenters. The highest BCUT2D eigenvalue weighted by molar-refractivity contribution is 5.91. The van der Waals surface area contributed by atoms with E-state index < -0.39 is 12.1 Å². The van der Waals surface area contributed by atoms with Crippen LogP contribution in [0.1, 0.15) is 30.4 Å². The van der Waals surface area contributed by atoms with Gasteiger partial charge in [-0.2, -0.15) is 0 Å². The van der Waals surface area contributed by atoms with Crippen molar-refractivity contribution < 1.29 is 19.8 Å². The molecule has 2 rings (SSSR count). The Hall–Kier alpha value is -1.94. The molecule has 1 aliphatic rings. The molecule has 1 fully saturated rings. The maximum Gasteiger partial charge on any atom is 0.303 e. The number of aliphatic hydroxyl groups excluding tert-OH is 1. The Kier molecular flexibility index (Phi) is 5.50. The van der Waals surface area contributed by atoms with Crippen LogP contribution in [0.5, 0.6) is 0 Å². The van der Waals surface area contributed by atoms with Gasteiger partial charge in [-0.25, -0.2) is 0 Å². The van der Waals surface area contributed by atoms with Crippen molar-refractivity contribution in [1.29, 1.82) is 0 Å². The van der Waals surface area contributed by atoms with Crippen LogP contribution in [0.3, 0.4) is 0 Å². The summed E-state index contributed by atoms with van der Waals surface area (Å²) in [4.78, 5) is 22.9. The zero-order valence-corrected chi connectivity index (χ0v) is 12.7. The number of hydrogen-bond donors (Lipinski definition) is 2. The summed E-state index contributed by atoms with van der Waals surface area (Å²) in [5.74, 6) is -1.23. The molecule has 0 aromatic heterocycles. The van der Waals surface area contributed by atoms with E-state index in [1.54, 1.807) is 12.2 Å². The molecule has 0 heterocycles. The summed E-state index contributed by atoms with van der Waals surface area (Å²) in [6.07, 6.45) is 4.35. The van der Waals surface area contributed by atoms with Gasteiger partial charge in [0.05, 0.1) is 12.5 Å². The Balaban J connectivity index is 1.95. The number of carbonyl (C=O) groups excluding carboxylic acids is 1. The highest BCUT2D eigenvalue weighted by Crippen LogP contribution is 2.35. The number of carboxylic acids is 1. The van der Waals surface area contributed by atoms with Gasteiger partial charge in [0.1, 0.15) is 0 Å². The van der Waals surface area contributed by atoms with E-state index in [-0.39, 0.29) is 24.0 Å².